The second-order valence-electron chi connectivity index (χ2n) is 2.37. The molecule has 0 aromatic rings. The number of hydrogen-bond acceptors (Lipinski definition) is 3. The fraction of sp³-hybridized carbons (Fsp3) is 0.375. The first-order chi connectivity index (χ1) is 5.52. The van der Waals surface area contributed by atoms with Crippen molar-refractivity contribution < 1.29 is 13.2 Å². The summed E-state index contributed by atoms with van der Waals surface area (Å²) in [6.07, 6.45) is 2.78. The molecule has 0 saturated heterocycles. The maximum atomic E-state index is 11.0. The SMILES string of the molecule is C=CCC(=O)CS(=O)(=O)CC=C. The van der Waals surface area contributed by atoms with Crippen molar-refractivity contribution in [3.63, 3.8) is 0 Å². The second kappa shape index (κ2) is 4.87. The average Bonchev–Trinajstić information content (AvgIpc) is 1.85. The lowest BCUT2D eigenvalue weighted by atomic mass is 10.3. The van der Waals surface area contributed by atoms with Crippen molar-refractivity contribution in [1.82, 2.24) is 0 Å². The molecule has 0 saturated carbocycles. The number of hydrogen-bond donors (Lipinski definition) is 0. The number of rotatable bonds is 6. The van der Waals surface area contributed by atoms with Gasteiger partial charge < -0.3 is 0 Å². The summed E-state index contributed by atoms with van der Waals surface area (Å²) in [5.74, 6) is -0.882. The van der Waals surface area contributed by atoms with Gasteiger partial charge in [0.15, 0.2) is 15.6 Å². The number of carbonyl (C=O) groups excluding carboxylic acids is 1. The number of carbonyl (C=O) groups is 1. The minimum absolute atomic E-state index is 0.108. The van der Waals surface area contributed by atoms with Gasteiger partial charge in [0, 0.05) is 6.42 Å². The maximum absolute atomic E-state index is 11.0. The Kier molecular flexibility index (Phi) is 4.51. The Morgan fingerprint density at radius 1 is 1.25 bits per heavy atom. The molecule has 0 aliphatic carbocycles. The van der Waals surface area contributed by atoms with Gasteiger partial charge in [0.05, 0.1) is 5.75 Å². The van der Waals surface area contributed by atoms with Gasteiger partial charge >= 0.3 is 0 Å². The zero-order valence-electron chi connectivity index (χ0n) is 6.82. The molecule has 68 valence electrons. The highest BCUT2D eigenvalue weighted by molar-refractivity contribution is 7.92. The highest BCUT2D eigenvalue weighted by atomic mass is 32.2. The molecule has 0 unspecified atom stereocenters. The van der Waals surface area contributed by atoms with Crippen molar-refractivity contribution in [2.45, 2.75) is 6.42 Å². The van der Waals surface area contributed by atoms with E-state index in [9.17, 15) is 13.2 Å². The Labute approximate surface area is 72.7 Å². The minimum atomic E-state index is -3.27. The first kappa shape index (κ1) is 11.1. The van der Waals surface area contributed by atoms with Gasteiger partial charge in [-0.15, -0.1) is 13.2 Å². The first-order valence-electron chi connectivity index (χ1n) is 3.45. The van der Waals surface area contributed by atoms with Gasteiger partial charge in [-0.1, -0.05) is 12.2 Å². The van der Waals surface area contributed by atoms with E-state index >= 15 is 0 Å². The molecule has 0 heterocycles. The molecule has 0 amide bonds. The van der Waals surface area contributed by atoms with Gasteiger partial charge in [-0.3, -0.25) is 4.79 Å². The fourth-order valence-electron chi connectivity index (χ4n) is 0.704. The van der Waals surface area contributed by atoms with Crippen LogP contribution in [-0.4, -0.2) is 25.7 Å². The lowest BCUT2D eigenvalue weighted by Gasteiger charge is -1.97. The van der Waals surface area contributed by atoms with Crippen LogP contribution in [0.1, 0.15) is 6.42 Å². The molecule has 0 aromatic carbocycles. The van der Waals surface area contributed by atoms with E-state index in [4.69, 9.17) is 0 Å². The third-order valence-electron chi connectivity index (χ3n) is 1.12. The van der Waals surface area contributed by atoms with Gasteiger partial charge in [0.1, 0.15) is 5.75 Å². The Bertz CT molecular complexity index is 275. The predicted octanol–water partition coefficient (Wildman–Crippen LogP) is 0.732. The van der Waals surface area contributed by atoms with Crippen LogP contribution in [0.2, 0.25) is 0 Å². The molecule has 0 N–H and O–H groups in total. The van der Waals surface area contributed by atoms with Crippen LogP contribution in [0.15, 0.2) is 25.3 Å². The second-order valence-corrected chi connectivity index (χ2v) is 4.48. The molecule has 0 atom stereocenters. The van der Waals surface area contributed by atoms with Gasteiger partial charge in [0.25, 0.3) is 0 Å². The first-order valence-corrected chi connectivity index (χ1v) is 5.28. The lowest BCUT2D eigenvalue weighted by Crippen LogP contribution is -2.17. The van der Waals surface area contributed by atoms with E-state index in [2.05, 4.69) is 13.2 Å². The standard InChI is InChI=1S/C8H12O3S/c1-3-5-8(9)7-12(10,11)6-4-2/h3-4H,1-2,5-7H2. The smallest absolute Gasteiger partial charge is 0.160 e. The molecule has 4 heteroatoms. The summed E-state index contributed by atoms with van der Waals surface area (Å²) in [6, 6.07) is 0. The van der Waals surface area contributed by atoms with Gasteiger partial charge in [-0.2, -0.15) is 0 Å². The van der Waals surface area contributed by atoms with Crippen LogP contribution in [-0.2, 0) is 14.6 Å². The molecule has 0 aliphatic rings. The average molecular weight is 188 g/mol. The van der Waals surface area contributed by atoms with Crippen LogP contribution in [0.4, 0.5) is 0 Å². The Morgan fingerprint density at radius 2 is 1.83 bits per heavy atom. The summed E-state index contributed by atoms with van der Waals surface area (Å²) < 4.78 is 22.0. The van der Waals surface area contributed by atoms with E-state index < -0.39 is 15.6 Å². The van der Waals surface area contributed by atoms with Crippen LogP contribution in [0.5, 0.6) is 0 Å². The highest BCUT2D eigenvalue weighted by Gasteiger charge is 2.13. The van der Waals surface area contributed by atoms with Crippen LogP contribution >= 0.6 is 0 Å². The topological polar surface area (TPSA) is 51.2 Å². The van der Waals surface area contributed by atoms with E-state index in [1.165, 1.54) is 12.2 Å². The van der Waals surface area contributed by atoms with Crippen molar-refractivity contribution >= 4 is 15.6 Å². The van der Waals surface area contributed by atoms with Crippen LogP contribution in [0, 0.1) is 0 Å². The summed E-state index contributed by atoms with van der Waals surface area (Å²) in [4.78, 5) is 10.8. The maximum Gasteiger partial charge on any atom is 0.160 e. The zero-order valence-corrected chi connectivity index (χ0v) is 7.64. The van der Waals surface area contributed by atoms with E-state index in [0.29, 0.717) is 0 Å². The van der Waals surface area contributed by atoms with Crippen molar-refractivity contribution in [2.75, 3.05) is 11.5 Å². The summed E-state index contributed by atoms with van der Waals surface area (Å²) in [6.45, 7) is 6.63. The number of ketones is 1. The molecule has 0 rings (SSSR count). The van der Waals surface area contributed by atoms with Gasteiger partial charge in [-0.05, 0) is 0 Å². The van der Waals surface area contributed by atoms with Crippen molar-refractivity contribution in [3.8, 4) is 0 Å². The summed E-state index contributed by atoms with van der Waals surface area (Å²) >= 11 is 0. The van der Waals surface area contributed by atoms with Crippen molar-refractivity contribution in [2.24, 2.45) is 0 Å². The van der Waals surface area contributed by atoms with E-state index in [0.717, 1.165) is 0 Å². The summed E-state index contributed by atoms with van der Waals surface area (Å²) in [5, 5.41) is 0. The molecule has 0 radical (unpaired) electrons. The monoisotopic (exact) mass is 188 g/mol. The predicted molar refractivity (Wildman–Crippen MR) is 48.7 cm³/mol. The molecule has 12 heavy (non-hydrogen) atoms. The quantitative estimate of drug-likeness (QED) is 0.577. The molecule has 0 aliphatic heterocycles. The normalized spacial score (nSPS) is 10.7. The molecule has 0 aromatic heterocycles. The number of sulfone groups is 1. The minimum Gasteiger partial charge on any atom is -0.298 e. The van der Waals surface area contributed by atoms with E-state index in [1.54, 1.807) is 0 Å². The van der Waals surface area contributed by atoms with E-state index in [-0.39, 0.29) is 18.0 Å². The highest BCUT2D eigenvalue weighted by Crippen LogP contribution is 1.94. The lowest BCUT2D eigenvalue weighted by molar-refractivity contribution is -0.115. The molecule has 0 fully saturated rings. The summed E-state index contributed by atoms with van der Waals surface area (Å²) in [5.41, 5.74) is 0. The number of allylic oxidation sites excluding steroid dienone is 1. The van der Waals surface area contributed by atoms with Crippen molar-refractivity contribution in [1.29, 1.82) is 0 Å². The summed E-state index contributed by atoms with van der Waals surface area (Å²) in [7, 11) is -3.27. The molecule has 3 nitrogen and oxygen atoms in total. The third-order valence-corrected chi connectivity index (χ3v) is 2.63. The van der Waals surface area contributed by atoms with Gasteiger partial charge in [-0.25, -0.2) is 8.42 Å². The molecular formula is C8H12O3S. The molecule has 0 bridgehead atoms. The molecule has 0 spiro atoms. The van der Waals surface area contributed by atoms with Crippen molar-refractivity contribution in [3.05, 3.63) is 25.3 Å². The Hall–Kier alpha value is -0.900. The van der Waals surface area contributed by atoms with Crippen LogP contribution in [0.3, 0.4) is 0 Å². The van der Waals surface area contributed by atoms with E-state index in [1.807, 2.05) is 0 Å². The largest absolute Gasteiger partial charge is 0.298 e. The Balaban J connectivity index is 4.15. The third kappa shape index (κ3) is 4.85. The zero-order chi connectivity index (χ0) is 9.61. The Morgan fingerprint density at radius 3 is 2.25 bits per heavy atom. The molecular weight excluding hydrogens is 176 g/mol. The van der Waals surface area contributed by atoms with Crippen LogP contribution < -0.4 is 0 Å². The number of Topliss-reactive ketones (excluding diaryl/α,β-unsaturated/α-hetero) is 1. The van der Waals surface area contributed by atoms with Crippen LogP contribution in [0.25, 0.3) is 0 Å². The van der Waals surface area contributed by atoms with Gasteiger partial charge in [0.2, 0.25) is 0 Å². The fourth-order valence-corrected chi connectivity index (χ4v) is 1.79.